The predicted molar refractivity (Wildman–Crippen MR) is 76.9 cm³/mol. The van der Waals surface area contributed by atoms with Crippen LogP contribution >= 0.6 is 11.8 Å². The van der Waals surface area contributed by atoms with Crippen LogP contribution in [-0.4, -0.2) is 59.2 Å². The van der Waals surface area contributed by atoms with E-state index in [4.69, 9.17) is 5.11 Å². The maximum Gasteiger partial charge on any atom is 0.239 e. The van der Waals surface area contributed by atoms with Crippen LogP contribution < -0.4 is 5.32 Å². The number of piperidine rings is 1. The minimum atomic E-state index is 0.0150. The molecule has 1 rings (SSSR count). The molecule has 1 aliphatic rings. The zero-order chi connectivity index (χ0) is 13.4. The van der Waals surface area contributed by atoms with Gasteiger partial charge >= 0.3 is 0 Å². The standard InChI is InChI=1S/C13H26N2O2S/c1-11(2)14-12-5-3-6-15(13(12)17)7-10-18-9-4-8-16/h11-12,14,16H,3-10H2,1-2H3. The van der Waals surface area contributed by atoms with E-state index in [0.29, 0.717) is 6.04 Å². The predicted octanol–water partition coefficient (Wildman–Crippen LogP) is 1.09. The molecule has 1 amide bonds. The molecule has 1 atom stereocenters. The molecule has 2 N–H and O–H groups in total. The number of carbonyl (C=O) groups excluding carboxylic acids is 1. The SMILES string of the molecule is CC(C)NC1CCCN(CCSCCCO)C1=O. The van der Waals surface area contributed by atoms with Gasteiger partial charge in [0, 0.05) is 31.5 Å². The Kier molecular flexibility index (Phi) is 7.70. The van der Waals surface area contributed by atoms with Gasteiger partial charge in [0.1, 0.15) is 0 Å². The monoisotopic (exact) mass is 274 g/mol. The molecular weight excluding hydrogens is 248 g/mol. The van der Waals surface area contributed by atoms with Crippen molar-refractivity contribution in [1.29, 1.82) is 0 Å². The fraction of sp³-hybridized carbons (Fsp3) is 0.923. The molecular formula is C13H26N2O2S. The first-order valence-electron chi connectivity index (χ1n) is 6.88. The summed E-state index contributed by atoms with van der Waals surface area (Å²) in [6.07, 6.45) is 2.90. The van der Waals surface area contributed by atoms with Crippen LogP contribution in [-0.2, 0) is 4.79 Å². The van der Waals surface area contributed by atoms with E-state index in [0.717, 1.165) is 43.9 Å². The van der Waals surface area contributed by atoms with Crippen LogP contribution in [0.25, 0.3) is 0 Å². The van der Waals surface area contributed by atoms with Crippen LogP contribution in [0.1, 0.15) is 33.1 Å². The molecule has 0 aromatic heterocycles. The highest BCUT2D eigenvalue weighted by molar-refractivity contribution is 7.99. The number of hydrogen-bond donors (Lipinski definition) is 2. The van der Waals surface area contributed by atoms with Gasteiger partial charge < -0.3 is 15.3 Å². The Morgan fingerprint density at radius 1 is 1.50 bits per heavy atom. The molecule has 0 aliphatic carbocycles. The molecule has 1 fully saturated rings. The summed E-state index contributed by atoms with van der Waals surface area (Å²) in [5.41, 5.74) is 0. The molecule has 18 heavy (non-hydrogen) atoms. The minimum Gasteiger partial charge on any atom is -0.396 e. The highest BCUT2D eigenvalue weighted by Gasteiger charge is 2.28. The minimum absolute atomic E-state index is 0.0150. The van der Waals surface area contributed by atoms with Gasteiger partial charge in [0.05, 0.1) is 6.04 Å². The van der Waals surface area contributed by atoms with E-state index in [-0.39, 0.29) is 18.6 Å². The van der Waals surface area contributed by atoms with Crippen molar-refractivity contribution >= 4 is 17.7 Å². The lowest BCUT2D eigenvalue weighted by molar-refractivity contribution is -0.135. The molecule has 1 aliphatic heterocycles. The third-order valence-electron chi connectivity index (χ3n) is 3.02. The van der Waals surface area contributed by atoms with Gasteiger partial charge in [-0.3, -0.25) is 4.79 Å². The Balaban J connectivity index is 2.25. The van der Waals surface area contributed by atoms with E-state index in [9.17, 15) is 4.79 Å². The smallest absolute Gasteiger partial charge is 0.239 e. The number of hydrogen-bond acceptors (Lipinski definition) is 4. The number of amides is 1. The first-order valence-corrected chi connectivity index (χ1v) is 8.04. The van der Waals surface area contributed by atoms with E-state index in [1.54, 1.807) is 0 Å². The van der Waals surface area contributed by atoms with E-state index in [1.807, 2.05) is 16.7 Å². The molecule has 0 radical (unpaired) electrons. The van der Waals surface area contributed by atoms with Crippen LogP contribution in [0.3, 0.4) is 0 Å². The van der Waals surface area contributed by atoms with Crippen LogP contribution in [0, 0.1) is 0 Å². The maximum absolute atomic E-state index is 12.2. The lowest BCUT2D eigenvalue weighted by Crippen LogP contribution is -2.52. The van der Waals surface area contributed by atoms with E-state index >= 15 is 0 Å². The second kappa shape index (κ2) is 8.77. The molecule has 0 bridgehead atoms. The van der Waals surface area contributed by atoms with Gasteiger partial charge in [-0.15, -0.1) is 0 Å². The molecule has 1 saturated heterocycles. The summed E-state index contributed by atoms with van der Waals surface area (Å²) in [6, 6.07) is 0.374. The number of aliphatic hydroxyl groups is 1. The third kappa shape index (κ3) is 5.59. The summed E-state index contributed by atoms with van der Waals surface area (Å²) in [6.45, 7) is 6.16. The fourth-order valence-corrected chi connectivity index (χ4v) is 3.05. The van der Waals surface area contributed by atoms with Crippen LogP contribution in [0.15, 0.2) is 0 Å². The number of aliphatic hydroxyl groups excluding tert-OH is 1. The van der Waals surface area contributed by atoms with Crippen molar-refractivity contribution in [2.45, 2.75) is 45.2 Å². The highest BCUT2D eigenvalue weighted by atomic mass is 32.2. The fourth-order valence-electron chi connectivity index (χ4n) is 2.16. The molecule has 4 nitrogen and oxygen atoms in total. The zero-order valence-electron chi connectivity index (χ0n) is 11.5. The number of carbonyl (C=O) groups is 1. The average Bonchev–Trinajstić information content (AvgIpc) is 2.33. The number of thioether (sulfide) groups is 1. The number of nitrogens with one attached hydrogen (secondary N) is 1. The van der Waals surface area contributed by atoms with Crippen molar-refractivity contribution in [2.24, 2.45) is 0 Å². The molecule has 1 unspecified atom stereocenters. The molecule has 0 aromatic carbocycles. The first-order chi connectivity index (χ1) is 8.65. The molecule has 5 heteroatoms. The summed E-state index contributed by atoms with van der Waals surface area (Å²) in [7, 11) is 0. The van der Waals surface area contributed by atoms with E-state index < -0.39 is 0 Å². The van der Waals surface area contributed by atoms with Crippen molar-refractivity contribution in [2.75, 3.05) is 31.2 Å². The Hall–Kier alpha value is -0.260. The molecule has 0 saturated carbocycles. The number of rotatable bonds is 8. The second-order valence-electron chi connectivity index (χ2n) is 5.03. The summed E-state index contributed by atoms with van der Waals surface area (Å²) in [5.74, 6) is 2.21. The Morgan fingerprint density at radius 3 is 2.94 bits per heavy atom. The van der Waals surface area contributed by atoms with E-state index in [1.165, 1.54) is 0 Å². The summed E-state index contributed by atoms with van der Waals surface area (Å²) < 4.78 is 0. The van der Waals surface area contributed by atoms with Gasteiger partial charge in [-0.25, -0.2) is 0 Å². The van der Waals surface area contributed by atoms with Gasteiger partial charge in [-0.05, 0) is 25.0 Å². The van der Waals surface area contributed by atoms with Crippen LogP contribution in [0.5, 0.6) is 0 Å². The van der Waals surface area contributed by atoms with Crippen molar-refractivity contribution in [3.05, 3.63) is 0 Å². The van der Waals surface area contributed by atoms with Crippen molar-refractivity contribution in [3.63, 3.8) is 0 Å². The maximum atomic E-state index is 12.2. The average molecular weight is 274 g/mol. The topological polar surface area (TPSA) is 52.6 Å². The molecule has 0 spiro atoms. The van der Waals surface area contributed by atoms with Crippen LogP contribution in [0.4, 0.5) is 0 Å². The highest BCUT2D eigenvalue weighted by Crippen LogP contribution is 2.13. The quantitative estimate of drug-likeness (QED) is 0.651. The summed E-state index contributed by atoms with van der Waals surface area (Å²) in [4.78, 5) is 14.2. The Labute approximate surface area is 115 Å². The van der Waals surface area contributed by atoms with Gasteiger partial charge in [0.2, 0.25) is 5.91 Å². The molecule has 0 aromatic rings. The van der Waals surface area contributed by atoms with Gasteiger partial charge in [-0.2, -0.15) is 11.8 Å². The van der Waals surface area contributed by atoms with Gasteiger partial charge in [0.15, 0.2) is 0 Å². The Bertz CT molecular complexity index is 249. The zero-order valence-corrected chi connectivity index (χ0v) is 12.3. The second-order valence-corrected chi connectivity index (χ2v) is 6.26. The number of likely N-dealkylation sites (tertiary alicyclic amines) is 1. The van der Waals surface area contributed by atoms with E-state index in [2.05, 4.69) is 19.2 Å². The van der Waals surface area contributed by atoms with Crippen molar-refractivity contribution in [1.82, 2.24) is 10.2 Å². The lowest BCUT2D eigenvalue weighted by Gasteiger charge is -2.33. The van der Waals surface area contributed by atoms with Crippen molar-refractivity contribution < 1.29 is 9.90 Å². The normalized spacial score (nSPS) is 20.8. The largest absolute Gasteiger partial charge is 0.396 e. The molecule has 106 valence electrons. The van der Waals surface area contributed by atoms with Gasteiger partial charge in [0.25, 0.3) is 0 Å². The number of nitrogens with zero attached hydrogens (tertiary/aromatic N) is 1. The lowest BCUT2D eigenvalue weighted by atomic mass is 10.0. The van der Waals surface area contributed by atoms with Crippen molar-refractivity contribution in [3.8, 4) is 0 Å². The summed E-state index contributed by atoms with van der Waals surface area (Å²) >= 11 is 1.81. The summed E-state index contributed by atoms with van der Waals surface area (Å²) in [5, 5.41) is 12.0. The third-order valence-corrected chi connectivity index (χ3v) is 4.07. The first kappa shape index (κ1) is 15.8. The van der Waals surface area contributed by atoms with Crippen LogP contribution in [0.2, 0.25) is 0 Å². The van der Waals surface area contributed by atoms with Gasteiger partial charge in [-0.1, -0.05) is 13.8 Å². The Morgan fingerprint density at radius 2 is 2.28 bits per heavy atom. The molecule has 1 heterocycles.